The molecule has 1 saturated heterocycles. The Kier molecular flexibility index (Phi) is 9.20. The van der Waals surface area contributed by atoms with Gasteiger partial charge in [-0.1, -0.05) is 42.1 Å². The molecule has 1 aromatic heterocycles. The zero-order valence-electron chi connectivity index (χ0n) is 23.9. The number of hydrogen-bond acceptors (Lipinski definition) is 9. The van der Waals surface area contributed by atoms with Crippen LogP contribution in [0, 0.1) is 11.3 Å². The second-order valence-electron chi connectivity index (χ2n) is 9.86. The summed E-state index contributed by atoms with van der Waals surface area (Å²) in [7, 11) is 1.49. The lowest BCUT2D eigenvalue weighted by atomic mass is 10.1. The number of Topliss-reactive ketones (excluding diaryl/α,β-unsaturated/α-hetero) is 1. The number of methoxy groups -OCH3 is 1. The molecule has 0 bridgehead atoms. The maximum absolute atomic E-state index is 14.0. The van der Waals surface area contributed by atoms with Crippen LogP contribution in [0.15, 0.2) is 90.0 Å². The van der Waals surface area contributed by atoms with Crippen molar-refractivity contribution in [2.24, 2.45) is 0 Å². The fraction of sp³-hybridized carbons (Fsp3) is 0.152. The highest BCUT2D eigenvalue weighted by Crippen LogP contribution is 2.41. The third-order valence-electron chi connectivity index (χ3n) is 6.94. The molecular weight excluding hydrogens is 623 g/mol. The van der Waals surface area contributed by atoms with Crippen molar-refractivity contribution in [3.05, 3.63) is 107 Å². The van der Waals surface area contributed by atoms with E-state index in [-0.39, 0.29) is 28.4 Å². The van der Waals surface area contributed by atoms with Crippen LogP contribution in [0.3, 0.4) is 0 Å². The number of amides is 2. The molecule has 2 amide bonds. The van der Waals surface area contributed by atoms with Gasteiger partial charge in [0.2, 0.25) is 11.8 Å². The van der Waals surface area contributed by atoms with Gasteiger partial charge >= 0.3 is 12.1 Å². The number of carbonyl (C=O) groups excluding carboxylic acids is 4. The number of alkyl halides is 3. The Balaban J connectivity index is 1.31. The molecule has 0 N–H and O–H groups in total. The van der Waals surface area contributed by atoms with Gasteiger partial charge in [0.15, 0.2) is 12.4 Å². The van der Waals surface area contributed by atoms with Crippen LogP contribution < -0.4 is 9.64 Å². The van der Waals surface area contributed by atoms with Gasteiger partial charge in [0.05, 0.1) is 40.4 Å². The van der Waals surface area contributed by atoms with Crippen molar-refractivity contribution in [2.45, 2.75) is 22.9 Å². The number of nitriles is 1. The molecule has 232 valence electrons. The number of benzene rings is 3. The molecule has 4 aromatic rings. The summed E-state index contributed by atoms with van der Waals surface area (Å²) in [6.07, 6.45) is -5.23. The van der Waals surface area contributed by atoms with Crippen molar-refractivity contribution in [1.82, 2.24) is 4.98 Å². The Morgan fingerprint density at radius 1 is 1.00 bits per heavy atom. The summed E-state index contributed by atoms with van der Waals surface area (Å²) in [5.74, 6) is -2.04. The molecule has 0 aliphatic carbocycles. The third-order valence-corrected chi connectivity index (χ3v) is 8.11. The molecule has 1 fully saturated rings. The number of anilines is 1. The second-order valence-corrected chi connectivity index (χ2v) is 11.1. The largest absolute Gasteiger partial charge is 0.497 e. The number of pyridine rings is 1. The Hall–Kier alpha value is -5.48. The topological polar surface area (TPSA) is 127 Å². The van der Waals surface area contributed by atoms with E-state index in [2.05, 4.69) is 4.98 Å². The van der Waals surface area contributed by atoms with Crippen molar-refractivity contribution in [1.29, 1.82) is 5.26 Å². The van der Waals surface area contributed by atoms with E-state index in [4.69, 9.17) is 9.47 Å². The standard InChI is InChI=1S/C33H22F3N3O6S/c1-44-23-13-9-20(10-14-23)27(40)18-45-32(43)21-7-11-22(12-8-21)39-29(41)16-28(31(39)42)46-30-24(17-37)25(33(34,35)36)15-26(38-30)19-5-3-2-4-6-19/h2-15,28H,16,18H2,1H3. The minimum atomic E-state index is -4.87. The summed E-state index contributed by atoms with van der Waals surface area (Å²) in [5.41, 5.74) is -1.13. The number of rotatable bonds is 9. The number of carbonyl (C=O) groups is 4. The van der Waals surface area contributed by atoms with Crippen molar-refractivity contribution >= 4 is 41.0 Å². The summed E-state index contributed by atoms with van der Waals surface area (Å²) < 4.78 is 52.0. The number of nitrogens with zero attached hydrogens (tertiary/aromatic N) is 3. The maximum Gasteiger partial charge on any atom is 0.417 e. The minimum absolute atomic E-state index is 0.0452. The van der Waals surface area contributed by atoms with E-state index < -0.39 is 52.7 Å². The van der Waals surface area contributed by atoms with Gasteiger partial charge in [0.1, 0.15) is 16.8 Å². The SMILES string of the molecule is COc1ccc(C(=O)COC(=O)c2ccc(N3C(=O)CC(Sc4nc(-c5ccccc5)cc(C(F)(F)F)c4C#N)C3=O)cc2)cc1. The number of aromatic nitrogens is 1. The average molecular weight is 646 g/mol. The van der Waals surface area contributed by atoms with E-state index >= 15 is 0 Å². The highest BCUT2D eigenvalue weighted by atomic mass is 32.2. The quantitative estimate of drug-likeness (QED) is 0.120. The third kappa shape index (κ3) is 6.77. The number of hydrogen-bond donors (Lipinski definition) is 0. The van der Waals surface area contributed by atoms with E-state index in [0.717, 1.165) is 11.0 Å². The molecule has 13 heteroatoms. The van der Waals surface area contributed by atoms with Gasteiger partial charge < -0.3 is 9.47 Å². The summed E-state index contributed by atoms with van der Waals surface area (Å²) in [6.45, 7) is -0.519. The molecule has 9 nitrogen and oxygen atoms in total. The number of ether oxygens (including phenoxy) is 2. The fourth-order valence-electron chi connectivity index (χ4n) is 4.62. The molecule has 1 aliphatic rings. The van der Waals surface area contributed by atoms with Gasteiger partial charge in [0, 0.05) is 17.5 Å². The summed E-state index contributed by atoms with van der Waals surface area (Å²) in [4.78, 5) is 56.3. The molecule has 0 radical (unpaired) electrons. The first-order valence-corrected chi connectivity index (χ1v) is 14.4. The van der Waals surface area contributed by atoms with E-state index in [1.54, 1.807) is 48.5 Å². The lowest BCUT2D eigenvalue weighted by molar-refractivity contribution is -0.138. The first-order valence-electron chi connectivity index (χ1n) is 13.6. The smallest absolute Gasteiger partial charge is 0.417 e. The first-order chi connectivity index (χ1) is 22.0. The summed E-state index contributed by atoms with van der Waals surface area (Å²) in [6, 6.07) is 22.0. The van der Waals surface area contributed by atoms with Gasteiger partial charge in [-0.05, 0) is 54.6 Å². The van der Waals surface area contributed by atoms with Crippen LogP contribution in [0.1, 0.15) is 38.3 Å². The summed E-state index contributed by atoms with van der Waals surface area (Å²) >= 11 is 0.611. The highest BCUT2D eigenvalue weighted by Gasteiger charge is 2.42. The Labute approximate surface area is 264 Å². The molecule has 1 aliphatic heterocycles. The Morgan fingerprint density at radius 3 is 2.26 bits per heavy atom. The molecule has 46 heavy (non-hydrogen) atoms. The summed E-state index contributed by atoms with van der Waals surface area (Å²) in [5, 5.41) is 8.15. The van der Waals surface area contributed by atoms with Gasteiger partial charge in [-0.25, -0.2) is 14.7 Å². The Bertz CT molecular complexity index is 1860. The van der Waals surface area contributed by atoms with Crippen molar-refractivity contribution in [3.8, 4) is 23.1 Å². The van der Waals surface area contributed by atoms with E-state index in [1.165, 1.54) is 43.5 Å². The molecule has 0 spiro atoms. The number of halogens is 3. The zero-order chi connectivity index (χ0) is 33.0. The molecule has 1 atom stereocenters. The first kappa shape index (κ1) is 31.9. The van der Waals surface area contributed by atoms with Crippen LogP contribution in [0.2, 0.25) is 0 Å². The normalized spacial score (nSPS) is 14.6. The number of ketones is 1. The van der Waals surface area contributed by atoms with Crippen molar-refractivity contribution < 1.29 is 41.8 Å². The van der Waals surface area contributed by atoms with Crippen LogP contribution in [0.25, 0.3) is 11.3 Å². The number of esters is 1. The van der Waals surface area contributed by atoms with Crippen molar-refractivity contribution in [3.63, 3.8) is 0 Å². The van der Waals surface area contributed by atoms with Crippen LogP contribution in [-0.4, -0.2) is 47.5 Å². The van der Waals surface area contributed by atoms with Crippen LogP contribution in [-0.2, 0) is 20.5 Å². The monoisotopic (exact) mass is 645 g/mol. The highest BCUT2D eigenvalue weighted by molar-refractivity contribution is 8.00. The second kappa shape index (κ2) is 13.3. The van der Waals surface area contributed by atoms with Gasteiger partial charge in [-0.3, -0.25) is 14.4 Å². The molecule has 3 aromatic carbocycles. The van der Waals surface area contributed by atoms with Gasteiger partial charge in [-0.2, -0.15) is 18.4 Å². The molecule has 1 unspecified atom stereocenters. The molecule has 0 saturated carbocycles. The Morgan fingerprint density at radius 2 is 1.65 bits per heavy atom. The number of thioether (sulfide) groups is 1. The average Bonchev–Trinajstić information content (AvgIpc) is 3.34. The zero-order valence-corrected chi connectivity index (χ0v) is 24.7. The van der Waals surface area contributed by atoms with Crippen LogP contribution >= 0.6 is 11.8 Å². The number of imide groups is 1. The maximum atomic E-state index is 14.0. The minimum Gasteiger partial charge on any atom is -0.497 e. The molecular formula is C33H22F3N3O6S. The molecule has 2 heterocycles. The van der Waals surface area contributed by atoms with E-state index in [9.17, 15) is 37.6 Å². The fourth-order valence-corrected chi connectivity index (χ4v) is 5.74. The van der Waals surface area contributed by atoms with Crippen LogP contribution in [0.4, 0.5) is 18.9 Å². The predicted molar refractivity (Wildman–Crippen MR) is 160 cm³/mol. The lowest BCUT2D eigenvalue weighted by Gasteiger charge is -2.17. The van der Waals surface area contributed by atoms with E-state index in [0.29, 0.717) is 28.6 Å². The molecule has 5 rings (SSSR count). The van der Waals surface area contributed by atoms with Crippen LogP contribution in [0.5, 0.6) is 5.75 Å². The predicted octanol–water partition coefficient (Wildman–Crippen LogP) is 6.11. The van der Waals surface area contributed by atoms with Gasteiger partial charge in [-0.15, -0.1) is 0 Å². The van der Waals surface area contributed by atoms with Crippen molar-refractivity contribution in [2.75, 3.05) is 18.6 Å². The van der Waals surface area contributed by atoms with E-state index in [1.807, 2.05) is 0 Å². The van der Waals surface area contributed by atoms with Gasteiger partial charge in [0.25, 0.3) is 0 Å². The lowest BCUT2D eigenvalue weighted by Crippen LogP contribution is -2.31.